The van der Waals surface area contributed by atoms with E-state index in [2.05, 4.69) is 15.6 Å². The fraction of sp³-hybridized carbons (Fsp3) is 0.333. The zero-order chi connectivity index (χ0) is 20.3. The number of amides is 3. The molecule has 7 nitrogen and oxygen atoms in total. The van der Waals surface area contributed by atoms with E-state index < -0.39 is 0 Å². The summed E-state index contributed by atoms with van der Waals surface area (Å²) in [7, 11) is 0. The van der Waals surface area contributed by atoms with Crippen LogP contribution in [0.4, 0.5) is 11.4 Å². The number of carbonyl (C=O) groups excluding carboxylic acids is 3. The van der Waals surface area contributed by atoms with Crippen molar-refractivity contribution in [2.45, 2.75) is 32.7 Å². The van der Waals surface area contributed by atoms with E-state index in [0.717, 1.165) is 0 Å². The third-order valence-electron chi connectivity index (χ3n) is 4.64. The van der Waals surface area contributed by atoms with Crippen molar-refractivity contribution in [2.75, 3.05) is 17.2 Å². The average Bonchev–Trinajstić information content (AvgIpc) is 3.06. The Balaban J connectivity index is 1.58. The first kappa shape index (κ1) is 19.5. The Kier molecular flexibility index (Phi) is 5.44. The van der Waals surface area contributed by atoms with Gasteiger partial charge in [0.2, 0.25) is 11.8 Å². The largest absolute Gasteiger partial charge is 0.337 e. The van der Waals surface area contributed by atoms with Crippen LogP contribution in [0, 0.1) is 5.92 Å². The fourth-order valence-corrected chi connectivity index (χ4v) is 3.11. The van der Waals surface area contributed by atoms with Crippen molar-refractivity contribution in [1.29, 1.82) is 0 Å². The molecule has 1 unspecified atom stereocenters. The number of carbonyl (C=O) groups is 3. The quantitative estimate of drug-likeness (QED) is 0.853. The van der Waals surface area contributed by atoms with Gasteiger partial charge in [-0.2, -0.15) is 0 Å². The highest BCUT2D eigenvalue weighted by Gasteiger charge is 2.39. The van der Waals surface area contributed by atoms with Gasteiger partial charge < -0.3 is 15.5 Å². The maximum atomic E-state index is 12.5. The van der Waals surface area contributed by atoms with Gasteiger partial charge in [-0.1, -0.05) is 0 Å². The first-order valence-corrected chi connectivity index (χ1v) is 9.17. The summed E-state index contributed by atoms with van der Waals surface area (Å²) in [6, 6.07) is 10.2. The van der Waals surface area contributed by atoms with Gasteiger partial charge in [-0.15, -0.1) is 0 Å². The van der Waals surface area contributed by atoms with Crippen LogP contribution in [0.25, 0.3) is 0 Å². The minimum atomic E-state index is -0.364. The lowest BCUT2D eigenvalue weighted by atomic mass is 10.1. The number of benzene rings is 1. The molecule has 0 saturated carbocycles. The second-order valence-electron chi connectivity index (χ2n) is 7.84. The van der Waals surface area contributed by atoms with Crippen LogP contribution in [-0.4, -0.2) is 39.7 Å². The summed E-state index contributed by atoms with van der Waals surface area (Å²) in [5.74, 6) is -0.790. The molecule has 28 heavy (non-hydrogen) atoms. The van der Waals surface area contributed by atoms with Crippen LogP contribution in [0.2, 0.25) is 0 Å². The molecule has 2 aromatic rings. The Morgan fingerprint density at radius 2 is 1.71 bits per heavy atom. The van der Waals surface area contributed by atoms with Crippen LogP contribution in [-0.2, 0) is 9.59 Å². The molecule has 146 valence electrons. The van der Waals surface area contributed by atoms with Crippen LogP contribution in [0.15, 0.2) is 48.8 Å². The normalized spacial score (nSPS) is 16.8. The minimum Gasteiger partial charge on any atom is -0.337 e. The molecular weight excluding hydrogens is 356 g/mol. The fourth-order valence-electron chi connectivity index (χ4n) is 3.11. The van der Waals surface area contributed by atoms with E-state index in [1.807, 2.05) is 20.8 Å². The van der Waals surface area contributed by atoms with Crippen molar-refractivity contribution in [3.8, 4) is 0 Å². The van der Waals surface area contributed by atoms with Crippen LogP contribution in [0.3, 0.4) is 0 Å². The molecule has 1 saturated heterocycles. The van der Waals surface area contributed by atoms with Crippen LogP contribution >= 0.6 is 0 Å². The molecule has 1 aromatic carbocycles. The lowest BCUT2D eigenvalue weighted by Gasteiger charge is -2.31. The summed E-state index contributed by atoms with van der Waals surface area (Å²) in [6.45, 7) is 6.31. The molecule has 3 rings (SSSR count). The minimum absolute atomic E-state index is 0.00103. The lowest BCUT2D eigenvalue weighted by Crippen LogP contribution is -2.42. The summed E-state index contributed by atoms with van der Waals surface area (Å²) in [4.78, 5) is 42.5. The van der Waals surface area contributed by atoms with Crippen LogP contribution < -0.4 is 10.6 Å². The van der Waals surface area contributed by atoms with Crippen molar-refractivity contribution in [1.82, 2.24) is 9.88 Å². The van der Waals surface area contributed by atoms with Crippen molar-refractivity contribution < 1.29 is 14.4 Å². The van der Waals surface area contributed by atoms with Crippen LogP contribution in [0.5, 0.6) is 0 Å². The number of aromatic nitrogens is 1. The van der Waals surface area contributed by atoms with Crippen molar-refractivity contribution in [2.24, 2.45) is 5.92 Å². The Morgan fingerprint density at radius 1 is 1.07 bits per heavy atom. The van der Waals surface area contributed by atoms with E-state index >= 15 is 0 Å². The predicted octanol–water partition coefficient (Wildman–Crippen LogP) is 2.92. The van der Waals surface area contributed by atoms with E-state index in [0.29, 0.717) is 23.5 Å². The van der Waals surface area contributed by atoms with E-state index in [1.54, 1.807) is 47.5 Å². The molecule has 1 fully saturated rings. The molecule has 1 atom stereocenters. The van der Waals surface area contributed by atoms with Gasteiger partial charge in [0.15, 0.2) is 0 Å². The van der Waals surface area contributed by atoms with Gasteiger partial charge in [-0.3, -0.25) is 19.4 Å². The predicted molar refractivity (Wildman–Crippen MR) is 107 cm³/mol. The van der Waals surface area contributed by atoms with Gasteiger partial charge in [-0.25, -0.2) is 0 Å². The highest BCUT2D eigenvalue weighted by Crippen LogP contribution is 2.27. The SMILES string of the molecule is CC(C)(C)N1CC(C(=O)Nc2ccc(NC(=O)c3cccnc3)cc2)CC1=O. The van der Waals surface area contributed by atoms with E-state index in [-0.39, 0.29) is 35.6 Å². The van der Waals surface area contributed by atoms with Gasteiger partial charge in [0.25, 0.3) is 5.91 Å². The molecule has 1 aliphatic heterocycles. The van der Waals surface area contributed by atoms with Crippen molar-refractivity contribution >= 4 is 29.1 Å². The maximum Gasteiger partial charge on any atom is 0.257 e. The number of likely N-dealkylation sites (tertiary alicyclic amines) is 1. The van der Waals surface area contributed by atoms with Gasteiger partial charge in [0, 0.05) is 42.3 Å². The third kappa shape index (κ3) is 4.54. The second kappa shape index (κ2) is 7.80. The van der Waals surface area contributed by atoms with E-state index in [1.165, 1.54) is 6.20 Å². The molecule has 3 amide bonds. The lowest BCUT2D eigenvalue weighted by molar-refractivity contribution is -0.131. The monoisotopic (exact) mass is 380 g/mol. The molecule has 0 radical (unpaired) electrons. The Bertz CT molecular complexity index is 873. The van der Waals surface area contributed by atoms with Crippen molar-refractivity contribution in [3.63, 3.8) is 0 Å². The van der Waals surface area contributed by atoms with Gasteiger partial charge >= 0.3 is 0 Å². The van der Waals surface area contributed by atoms with Crippen molar-refractivity contribution in [3.05, 3.63) is 54.4 Å². The molecule has 0 spiro atoms. The highest BCUT2D eigenvalue weighted by molar-refractivity contribution is 6.04. The first-order valence-electron chi connectivity index (χ1n) is 9.17. The van der Waals surface area contributed by atoms with E-state index in [4.69, 9.17) is 0 Å². The highest BCUT2D eigenvalue weighted by atomic mass is 16.2. The summed E-state index contributed by atoms with van der Waals surface area (Å²) < 4.78 is 0. The topological polar surface area (TPSA) is 91.4 Å². The summed E-state index contributed by atoms with van der Waals surface area (Å²) in [6.07, 6.45) is 3.32. The second-order valence-corrected chi connectivity index (χ2v) is 7.84. The third-order valence-corrected chi connectivity index (χ3v) is 4.64. The molecule has 7 heteroatoms. The number of nitrogens with one attached hydrogen (secondary N) is 2. The van der Waals surface area contributed by atoms with Gasteiger partial charge in [0.05, 0.1) is 11.5 Å². The average molecular weight is 380 g/mol. The Hall–Kier alpha value is -3.22. The van der Waals surface area contributed by atoms with Crippen LogP contribution in [0.1, 0.15) is 37.6 Å². The standard InChI is InChI=1S/C21H24N4O3/c1-21(2,3)25-13-15(11-18(25)26)20(28)24-17-8-6-16(7-9-17)23-19(27)14-5-4-10-22-12-14/h4-10,12,15H,11,13H2,1-3H3,(H,23,27)(H,24,28). The zero-order valence-electron chi connectivity index (χ0n) is 16.2. The smallest absolute Gasteiger partial charge is 0.257 e. The summed E-state index contributed by atoms with van der Waals surface area (Å²) in [5, 5.41) is 5.63. The number of anilines is 2. The molecule has 1 aromatic heterocycles. The number of nitrogens with zero attached hydrogens (tertiary/aromatic N) is 2. The maximum absolute atomic E-state index is 12.5. The molecule has 1 aliphatic rings. The first-order chi connectivity index (χ1) is 13.2. The number of hydrogen-bond acceptors (Lipinski definition) is 4. The Labute approximate surface area is 164 Å². The van der Waals surface area contributed by atoms with E-state index in [9.17, 15) is 14.4 Å². The summed E-state index contributed by atoms with van der Waals surface area (Å²) >= 11 is 0. The number of hydrogen-bond donors (Lipinski definition) is 2. The molecule has 0 bridgehead atoms. The summed E-state index contributed by atoms with van der Waals surface area (Å²) in [5.41, 5.74) is 1.40. The molecule has 0 aliphatic carbocycles. The molecule has 2 heterocycles. The van der Waals surface area contributed by atoms with Gasteiger partial charge in [0.1, 0.15) is 0 Å². The number of rotatable bonds is 4. The van der Waals surface area contributed by atoms with Gasteiger partial charge in [-0.05, 0) is 57.2 Å². The number of pyridine rings is 1. The molecule has 2 N–H and O–H groups in total. The Morgan fingerprint density at radius 3 is 2.25 bits per heavy atom. The molecular formula is C21H24N4O3. The zero-order valence-corrected chi connectivity index (χ0v) is 16.2.